The minimum absolute atomic E-state index is 0.127. The molecule has 9 heteroatoms. The Kier molecular flexibility index (Phi) is 6.90. The maximum absolute atomic E-state index is 14.3. The summed E-state index contributed by atoms with van der Waals surface area (Å²) in [5, 5.41) is 7.35. The Morgan fingerprint density at radius 2 is 1.85 bits per heavy atom. The maximum Gasteiger partial charge on any atom is 0.251 e. The fourth-order valence-corrected chi connectivity index (χ4v) is 5.55. The summed E-state index contributed by atoms with van der Waals surface area (Å²) in [7, 11) is -3.94. The highest BCUT2D eigenvalue weighted by molar-refractivity contribution is 7.89. The summed E-state index contributed by atoms with van der Waals surface area (Å²) in [6.45, 7) is 3.10. The number of sulfonamides is 1. The number of para-hydroxylation sites is 1. The zero-order valence-electron chi connectivity index (χ0n) is 18.5. The van der Waals surface area contributed by atoms with E-state index < -0.39 is 26.6 Å². The molecule has 3 aromatic rings. The molecule has 1 fully saturated rings. The van der Waals surface area contributed by atoms with Crippen molar-refractivity contribution in [3.05, 3.63) is 77.4 Å². The fraction of sp³-hybridized carbons (Fsp3) is 0.333. The number of aryl methyl sites for hydroxylation is 2. The van der Waals surface area contributed by atoms with Gasteiger partial charge in [-0.15, -0.1) is 0 Å². The van der Waals surface area contributed by atoms with Crippen LogP contribution < -0.4 is 5.32 Å². The molecular weight excluding hydrogens is 443 g/mol. The van der Waals surface area contributed by atoms with Gasteiger partial charge in [-0.1, -0.05) is 18.2 Å². The van der Waals surface area contributed by atoms with Gasteiger partial charge < -0.3 is 5.32 Å². The van der Waals surface area contributed by atoms with Crippen molar-refractivity contribution in [1.29, 1.82) is 0 Å². The third-order valence-electron chi connectivity index (χ3n) is 5.81. The average Bonchev–Trinajstić information content (AvgIpc) is 3.48. The molecule has 0 saturated carbocycles. The Labute approximate surface area is 193 Å². The van der Waals surface area contributed by atoms with Gasteiger partial charge >= 0.3 is 0 Å². The van der Waals surface area contributed by atoms with Crippen LogP contribution in [0.4, 0.5) is 4.39 Å². The van der Waals surface area contributed by atoms with Crippen molar-refractivity contribution in [3.8, 4) is 5.69 Å². The van der Waals surface area contributed by atoms with E-state index in [4.69, 9.17) is 0 Å². The first-order valence-electron chi connectivity index (χ1n) is 11.0. The van der Waals surface area contributed by atoms with Gasteiger partial charge in [0.1, 0.15) is 10.7 Å². The van der Waals surface area contributed by atoms with Gasteiger partial charge in [0.15, 0.2) is 0 Å². The molecule has 7 nitrogen and oxygen atoms in total. The second-order valence-electron chi connectivity index (χ2n) is 8.14. The molecule has 1 aromatic heterocycles. The lowest BCUT2D eigenvalue weighted by molar-refractivity contribution is 0.0953. The number of nitrogens with zero attached hydrogens (tertiary/aromatic N) is 3. The first-order chi connectivity index (χ1) is 15.9. The molecule has 1 N–H and O–H groups in total. The summed E-state index contributed by atoms with van der Waals surface area (Å²) < 4.78 is 42.9. The Bertz CT molecular complexity index is 1240. The third kappa shape index (κ3) is 5.15. The van der Waals surface area contributed by atoms with Gasteiger partial charge in [0, 0.05) is 31.4 Å². The minimum Gasteiger partial charge on any atom is -0.352 e. The summed E-state index contributed by atoms with van der Waals surface area (Å²) >= 11 is 0. The number of carbonyl (C=O) groups excluding carboxylic acids is 1. The molecule has 0 aliphatic carbocycles. The maximum atomic E-state index is 14.3. The second kappa shape index (κ2) is 9.84. The van der Waals surface area contributed by atoms with Gasteiger partial charge in [0.25, 0.3) is 5.91 Å². The van der Waals surface area contributed by atoms with Crippen molar-refractivity contribution in [2.24, 2.45) is 0 Å². The molecule has 4 rings (SSSR count). The van der Waals surface area contributed by atoms with E-state index >= 15 is 0 Å². The largest absolute Gasteiger partial charge is 0.352 e. The summed E-state index contributed by atoms with van der Waals surface area (Å²) in [6.07, 6.45) is 4.92. The van der Waals surface area contributed by atoms with Crippen LogP contribution in [0.3, 0.4) is 0 Å². The van der Waals surface area contributed by atoms with Crippen molar-refractivity contribution in [2.45, 2.75) is 37.5 Å². The Balaban J connectivity index is 1.36. The smallest absolute Gasteiger partial charge is 0.251 e. The van der Waals surface area contributed by atoms with E-state index in [9.17, 15) is 17.6 Å². The van der Waals surface area contributed by atoms with E-state index in [-0.39, 0.29) is 5.56 Å². The molecule has 33 heavy (non-hydrogen) atoms. The molecular formula is C24H27FN4O3S. The monoisotopic (exact) mass is 470 g/mol. The van der Waals surface area contributed by atoms with Gasteiger partial charge in [-0.2, -0.15) is 9.40 Å². The highest BCUT2D eigenvalue weighted by Crippen LogP contribution is 2.24. The lowest BCUT2D eigenvalue weighted by Crippen LogP contribution is -2.29. The number of rotatable bonds is 8. The molecule has 1 aliphatic heterocycles. The van der Waals surface area contributed by atoms with Gasteiger partial charge in [-0.25, -0.2) is 17.5 Å². The van der Waals surface area contributed by atoms with Crippen LogP contribution in [0.25, 0.3) is 5.69 Å². The Morgan fingerprint density at radius 3 is 2.58 bits per heavy atom. The lowest BCUT2D eigenvalue weighted by Gasteiger charge is -2.16. The number of benzene rings is 2. The van der Waals surface area contributed by atoms with E-state index in [2.05, 4.69) is 10.4 Å². The third-order valence-corrected chi connectivity index (χ3v) is 7.72. The number of halogens is 1. The SMILES string of the molecule is Cc1nn(-c2ccccc2)cc1CCCNC(=O)c1ccc(F)c(S(=O)(=O)N2CCCC2)c1. The molecule has 1 amide bonds. The fourth-order valence-electron chi connectivity index (χ4n) is 3.95. The normalized spacial score (nSPS) is 14.5. The molecule has 1 saturated heterocycles. The number of hydrogen-bond acceptors (Lipinski definition) is 4. The van der Waals surface area contributed by atoms with E-state index in [1.807, 2.05) is 48.1 Å². The lowest BCUT2D eigenvalue weighted by atomic mass is 10.1. The van der Waals surface area contributed by atoms with Crippen LogP contribution in [0.5, 0.6) is 0 Å². The predicted octanol–water partition coefficient (Wildman–Crippen LogP) is 3.47. The van der Waals surface area contributed by atoms with Crippen LogP contribution in [-0.4, -0.2) is 48.0 Å². The molecule has 0 spiro atoms. The van der Waals surface area contributed by atoms with E-state index in [1.54, 1.807) is 0 Å². The number of hydrogen-bond donors (Lipinski definition) is 1. The summed E-state index contributed by atoms with van der Waals surface area (Å²) in [5.74, 6) is -1.27. The van der Waals surface area contributed by atoms with Crippen LogP contribution in [0, 0.1) is 12.7 Å². The van der Waals surface area contributed by atoms with Gasteiger partial charge in [0.05, 0.1) is 11.4 Å². The number of aromatic nitrogens is 2. The Hall–Kier alpha value is -3.04. The van der Waals surface area contributed by atoms with Crippen molar-refractivity contribution < 1.29 is 17.6 Å². The van der Waals surface area contributed by atoms with E-state index in [0.29, 0.717) is 26.1 Å². The standard InChI is InChI=1S/C24H27FN4O3S/c1-18-20(17-29(27-18)21-9-3-2-4-10-21)8-7-13-26-24(30)19-11-12-22(25)23(16-19)33(31,32)28-14-5-6-15-28/h2-4,9-12,16-17H,5-8,13-15H2,1H3,(H,26,30). The van der Waals surface area contributed by atoms with Crippen LogP contribution in [-0.2, 0) is 16.4 Å². The molecule has 0 atom stereocenters. The van der Waals surface area contributed by atoms with Gasteiger partial charge in [-0.3, -0.25) is 4.79 Å². The van der Waals surface area contributed by atoms with Crippen LogP contribution in [0.2, 0.25) is 0 Å². The quantitative estimate of drug-likeness (QED) is 0.511. The molecule has 1 aliphatic rings. The van der Waals surface area contributed by atoms with Crippen molar-refractivity contribution in [2.75, 3.05) is 19.6 Å². The molecule has 2 heterocycles. The van der Waals surface area contributed by atoms with Crippen molar-refractivity contribution in [3.63, 3.8) is 0 Å². The minimum atomic E-state index is -3.94. The van der Waals surface area contributed by atoms with Crippen molar-refractivity contribution in [1.82, 2.24) is 19.4 Å². The number of nitrogens with one attached hydrogen (secondary N) is 1. The first-order valence-corrected chi connectivity index (χ1v) is 12.5. The zero-order valence-corrected chi connectivity index (χ0v) is 19.3. The molecule has 0 bridgehead atoms. The van der Waals surface area contributed by atoms with E-state index in [1.165, 1.54) is 10.4 Å². The summed E-state index contributed by atoms with van der Waals surface area (Å²) in [4.78, 5) is 12.1. The molecule has 0 radical (unpaired) electrons. The highest BCUT2D eigenvalue weighted by Gasteiger charge is 2.30. The zero-order chi connectivity index (χ0) is 23.4. The molecule has 2 aromatic carbocycles. The molecule has 0 unspecified atom stereocenters. The van der Waals surface area contributed by atoms with Gasteiger partial charge in [-0.05, 0) is 68.5 Å². The van der Waals surface area contributed by atoms with Crippen LogP contribution in [0.1, 0.15) is 40.9 Å². The highest BCUT2D eigenvalue weighted by atomic mass is 32.2. The topological polar surface area (TPSA) is 84.3 Å². The van der Waals surface area contributed by atoms with Crippen molar-refractivity contribution >= 4 is 15.9 Å². The summed E-state index contributed by atoms with van der Waals surface area (Å²) in [6, 6.07) is 13.3. The van der Waals surface area contributed by atoms with Gasteiger partial charge in [0.2, 0.25) is 10.0 Å². The summed E-state index contributed by atoms with van der Waals surface area (Å²) in [5.41, 5.74) is 3.13. The van der Waals surface area contributed by atoms with Crippen LogP contribution >= 0.6 is 0 Å². The Morgan fingerprint density at radius 1 is 1.12 bits per heavy atom. The number of amides is 1. The van der Waals surface area contributed by atoms with Crippen LogP contribution in [0.15, 0.2) is 59.6 Å². The molecule has 174 valence electrons. The predicted molar refractivity (Wildman–Crippen MR) is 123 cm³/mol. The average molecular weight is 471 g/mol. The van der Waals surface area contributed by atoms with E-state index in [0.717, 1.165) is 48.3 Å². The number of carbonyl (C=O) groups is 1. The first kappa shape index (κ1) is 23.1. The second-order valence-corrected chi connectivity index (χ2v) is 10.0.